The van der Waals surface area contributed by atoms with Crippen molar-refractivity contribution in [2.24, 2.45) is 0 Å². The molecule has 3 fully saturated rings. The van der Waals surface area contributed by atoms with E-state index in [1.807, 2.05) is 12.1 Å². The van der Waals surface area contributed by atoms with Gasteiger partial charge in [0.05, 0.1) is 37.3 Å². The van der Waals surface area contributed by atoms with Crippen LogP contribution in [-0.2, 0) is 61.8 Å². The molecule has 3 aliphatic heterocycles. The van der Waals surface area contributed by atoms with Crippen molar-refractivity contribution in [2.45, 2.75) is 95.2 Å². The van der Waals surface area contributed by atoms with Crippen LogP contribution in [0.4, 0.5) is 0 Å². The maximum atomic E-state index is 14.2. The molecule has 1 unspecified atom stereocenters. The minimum atomic E-state index is -2.51. The Morgan fingerprint density at radius 2 is 1.25 bits per heavy atom. The van der Waals surface area contributed by atoms with E-state index in [4.69, 9.17) is 77.4 Å². The van der Waals surface area contributed by atoms with Crippen LogP contribution in [0.5, 0.6) is 0 Å². The van der Waals surface area contributed by atoms with E-state index in [0.29, 0.717) is 10.5 Å². The summed E-state index contributed by atoms with van der Waals surface area (Å²) in [6.07, 6.45) is -14.8. The number of methoxy groups -OCH3 is 1. The number of hydrogen-bond acceptors (Lipinski definition) is 16. The number of ether oxygens (including phenoxy) is 9. The molecule has 0 aliphatic carbocycles. The van der Waals surface area contributed by atoms with Crippen molar-refractivity contribution in [3.05, 3.63) is 138 Å². The third kappa shape index (κ3) is 12.7. The van der Waals surface area contributed by atoms with E-state index < -0.39 is 107 Å². The number of alkyl halides is 3. The van der Waals surface area contributed by atoms with Crippen molar-refractivity contribution in [1.82, 2.24) is 5.32 Å². The summed E-state index contributed by atoms with van der Waals surface area (Å²) in [5.41, 5.74) is -0.381. The Morgan fingerprint density at radius 3 is 1.82 bits per heavy atom. The molecule has 1 N–H and O–H groups in total. The number of thioether (sulfide) groups is 1. The van der Waals surface area contributed by atoms with Crippen molar-refractivity contribution in [3.8, 4) is 0 Å². The van der Waals surface area contributed by atoms with Crippen LogP contribution >= 0.6 is 46.6 Å². The largest absolute Gasteiger partial charge is 0.467 e. The molecule has 354 valence electrons. The lowest BCUT2D eigenvalue weighted by Gasteiger charge is -2.51. The molecule has 16 nitrogen and oxygen atoms in total. The van der Waals surface area contributed by atoms with Gasteiger partial charge in [-0.05, 0) is 43.3 Å². The van der Waals surface area contributed by atoms with Gasteiger partial charge in [-0.2, -0.15) is 0 Å². The third-order valence-electron chi connectivity index (χ3n) is 10.6. The van der Waals surface area contributed by atoms with Gasteiger partial charge in [-0.25, -0.2) is 14.4 Å². The predicted molar refractivity (Wildman–Crippen MR) is 240 cm³/mol. The number of hydrogen-bond donors (Lipinski definition) is 1. The summed E-state index contributed by atoms with van der Waals surface area (Å²) in [6.45, 7) is 1.20. The van der Waals surface area contributed by atoms with Crippen molar-refractivity contribution in [2.75, 3.05) is 13.7 Å². The SMILES string of the molecule is COC(=O)[C@H]1O[C@@H](O[C@@H]2[C@@H](NC(=O)C(Cl)(Cl)Cl)[C@H](Sc3ccccc3)O[C@@H]3COC(c4ccccc4)O[C@@H]23)[C@H](OC(=O)c2ccccc2)[C@@H](OC(=O)c2ccccc2)[C@@H]1OC(=O)CCC(C)=O. The standard InChI is InChI=1S/C47H44Cl3NO15S/c1-26(52)23-24-32(53)61-36-37(62-40(54)27-15-7-3-8-16-27)39(63-41(55)28-17-9-4-10-18-28)44(66-38(36)42(56)58-2)65-35-33(51-46(57)47(48,49)50)45(67-30-21-13-6-14-22-30)60-31-25-59-43(64-34(31)35)29-19-11-5-12-20-29/h3-22,31,33-39,43-45H,23-25H2,1-2H3,(H,51,57)/t31-,33-,34-,35-,36+,37+,38+,39-,43?,44-,45+/m1/s1. The first kappa shape index (κ1) is 49.8. The second kappa shape index (κ2) is 22.8. The van der Waals surface area contributed by atoms with E-state index in [9.17, 15) is 28.8 Å². The summed E-state index contributed by atoms with van der Waals surface area (Å²) in [4.78, 5) is 81.9. The fourth-order valence-corrected chi connectivity index (χ4v) is 8.74. The molecule has 7 rings (SSSR count). The summed E-state index contributed by atoms with van der Waals surface area (Å²) in [5.74, 6) is -5.50. The number of carbonyl (C=O) groups is 6. The van der Waals surface area contributed by atoms with Crippen LogP contribution in [0.3, 0.4) is 0 Å². The highest BCUT2D eigenvalue weighted by molar-refractivity contribution is 7.99. The lowest BCUT2D eigenvalue weighted by molar-refractivity contribution is -0.352. The van der Waals surface area contributed by atoms with Crippen molar-refractivity contribution in [3.63, 3.8) is 0 Å². The zero-order chi connectivity index (χ0) is 47.7. The maximum absolute atomic E-state index is 14.2. The van der Waals surface area contributed by atoms with Crippen LogP contribution in [0.25, 0.3) is 0 Å². The summed E-state index contributed by atoms with van der Waals surface area (Å²) in [5, 5.41) is 2.74. The molecule has 11 atom stereocenters. The monoisotopic (exact) mass is 999 g/mol. The Hall–Kier alpha value is -5.08. The van der Waals surface area contributed by atoms with Crippen LogP contribution in [0.15, 0.2) is 126 Å². The van der Waals surface area contributed by atoms with E-state index in [0.717, 1.165) is 7.11 Å². The molecule has 1 amide bonds. The lowest BCUT2D eigenvalue weighted by Crippen LogP contribution is -2.70. The second-order valence-electron chi connectivity index (χ2n) is 15.3. The Morgan fingerprint density at radius 1 is 0.687 bits per heavy atom. The van der Waals surface area contributed by atoms with Crippen molar-refractivity contribution >= 4 is 82.1 Å². The van der Waals surface area contributed by atoms with Gasteiger partial charge in [0.15, 0.2) is 37.0 Å². The molecule has 0 saturated carbocycles. The number of rotatable bonds is 15. The van der Waals surface area contributed by atoms with Gasteiger partial charge >= 0.3 is 23.9 Å². The molecule has 3 aliphatic rings. The molecule has 67 heavy (non-hydrogen) atoms. The molecule has 3 heterocycles. The topological polar surface area (TPSA) is 198 Å². The minimum absolute atomic E-state index is 0.0287. The van der Waals surface area contributed by atoms with Crippen LogP contribution < -0.4 is 5.32 Å². The number of carbonyl (C=O) groups excluding carboxylic acids is 6. The van der Waals surface area contributed by atoms with Gasteiger partial charge in [0.1, 0.15) is 29.5 Å². The van der Waals surface area contributed by atoms with E-state index in [-0.39, 0.29) is 29.9 Å². The zero-order valence-corrected chi connectivity index (χ0v) is 38.8. The number of Topliss-reactive ketones (excluding diaryl/α,β-unsaturated/α-hetero) is 1. The quantitative estimate of drug-likeness (QED) is 0.0770. The first-order valence-electron chi connectivity index (χ1n) is 20.9. The van der Waals surface area contributed by atoms with Gasteiger partial charge in [0.25, 0.3) is 9.70 Å². The van der Waals surface area contributed by atoms with Crippen molar-refractivity contribution in [1.29, 1.82) is 0 Å². The number of ketones is 1. The van der Waals surface area contributed by atoms with Gasteiger partial charge < -0.3 is 52.7 Å². The van der Waals surface area contributed by atoms with Gasteiger partial charge in [-0.1, -0.05) is 131 Å². The van der Waals surface area contributed by atoms with E-state index in [1.54, 1.807) is 84.9 Å². The van der Waals surface area contributed by atoms with Gasteiger partial charge in [0, 0.05) is 16.9 Å². The molecular weight excluding hydrogens is 957 g/mol. The summed E-state index contributed by atoms with van der Waals surface area (Å²) < 4.78 is 53.4. The molecule has 3 saturated heterocycles. The van der Waals surface area contributed by atoms with E-state index in [2.05, 4.69) is 5.32 Å². The Bertz CT molecular complexity index is 2350. The number of benzene rings is 4. The number of halogens is 3. The van der Waals surface area contributed by atoms with Gasteiger partial charge in [-0.3, -0.25) is 9.59 Å². The predicted octanol–water partition coefficient (Wildman–Crippen LogP) is 6.49. The molecular formula is C47H44Cl3NO15S. The average Bonchev–Trinajstić information content (AvgIpc) is 3.33. The summed E-state index contributed by atoms with van der Waals surface area (Å²) in [7, 11) is 1.04. The average molecular weight is 1000 g/mol. The minimum Gasteiger partial charge on any atom is -0.467 e. The lowest BCUT2D eigenvalue weighted by atomic mass is 9.94. The molecule has 0 bridgehead atoms. The Balaban J connectivity index is 1.37. The molecule has 0 radical (unpaired) electrons. The Labute approximate surface area is 404 Å². The van der Waals surface area contributed by atoms with Crippen LogP contribution in [0, 0.1) is 0 Å². The fourth-order valence-electron chi connectivity index (χ4n) is 7.42. The van der Waals surface area contributed by atoms with E-state index in [1.165, 1.54) is 43.0 Å². The number of fused-ring (bicyclic) bond motifs is 1. The first-order valence-corrected chi connectivity index (χ1v) is 22.9. The smallest absolute Gasteiger partial charge is 0.339 e. The van der Waals surface area contributed by atoms with Crippen LogP contribution in [-0.4, -0.2) is 114 Å². The van der Waals surface area contributed by atoms with Gasteiger partial charge in [-0.15, -0.1) is 0 Å². The zero-order valence-electron chi connectivity index (χ0n) is 35.7. The molecule has 0 aromatic heterocycles. The second-order valence-corrected chi connectivity index (χ2v) is 18.8. The van der Waals surface area contributed by atoms with Crippen LogP contribution in [0.2, 0.25) is 0 Å². The number of esters is 4. The normalized spacial score (nSPS) is 27.0. The summed E-state index contributed by atoms with van der Waals surface area (Å²) >= 11 is 19.6. The third-order valence-corrected chi connectivity index (χ3v) is 12.3. The molecule has 4 aromatic rings. The van der Waals surface area contributed by atoms with Gasteiger partial charge in [0.2, 0.25) is 0 Å². The highest BCUT2D eigenvalue weighted by atomic mass is 35.6. The van der Waals surface area contributed by atoms with Crippen LogP contribution in [0.1, 0.15) is 52.3 Å². The maximum Gasteiger partial charge on any atom is 0.339 e. The highest BCUT2D eigenvalue weighted by Gasteiger charge is 2.59. The van der Waals surface area contributed by atoms with Crippen molar-refractivity contribution < 1.29 is 71.4 Å². The molecule has 20 heteroatoms. The Kier molecular flexibility index (Phi) is 17.0. The summed E-state index contributed by atoms with van der Waals surface area (Å²) in [6, 6.07) is 32.1. The number of amides is 1. The first-order chi connectivity index (χ1) is 32.2. The highest BCUT2D eigenvalue weighted by Crippen LogP contribution is 2.43. The molecule has 0 spiro atoms. The number of nitrogens with one attached hydrogen (secondary N) is 1. The fraction of sp³-hybridized carbons (Fsp3) is 0.362. The molecule has 4 aromatic carbocycles. The van der Waals surface area contributed by atoms with E-state index >= 15 is 0 Å².